The summed E-state index contributed by atoms with van der Waals surface area (Å²) in [5.41, 5.74) is 7.02. The van der Waals surface area contributed by atoms with E-state index in [1.165, 1.54) is 6.42 Å². The van der Waals surface area contributed by atoms with Gasteiger partial charge < -0.3 is 15.7 Å². The molecule has 0 unspecified atom stereocenters. The molecule has 0 atom stereocenters. The Hall–Kier alpha value is -1.62. The van der Waals surface area contributed by atoms with Gasteiger partial charge in [0.1, 0.15) is 5.82 Å². The van der Waals surface area contributed by atoms with Gasteiger partial charge in [-0.05, 0) is 31.9 Å². The molecule has 0 saturated heterocycles. The highest BCUT2D eigenvalue weighted by atomic mass is 16.3. The molecule has 110 valence electrons. The summed E-state index contributed by atoms with van der Waals surface area (Å²) in [4.78, 5) is 18.6. The Morgan fingerprint density at radius 1 is 1.40 bits per heavy atom. The predicted molar refractivity (Wildman–Crippen MR) is 78.4 cm³/mol. The van der Waals surface area contributed by atoms with Gasteiger partial charge in [-0.25, -0.2) is 4.98 Å². The topological polar surface area (TPSA) is 79.5 Å². The first kappa shape index (κ1) is 14.8. The highest BCUT2D eigenvalue weighted by molar-refractivity contribution is 5.95. The number of pyridine rings is 1. The second kappa shape index (κ2) is 6.70. The molecule has 0 bridgehead atoms. The summed E-state index contributed by atoms with van der Waals surface area (Å²) in [5, 5.41) is 9.24. The fraction of sp³-hybridized carbons (Fsp3) is 0.600. The second-order valence-electron chi connectivity index (χ2n) is 5.44. The number of nitrogens with zero attached hydrogens (tertiary/aromatic N) is 2. The molecule has 0 aromatic carbocycles. The van der Waals surface area contributed by atoms with Crippen molar-refractivity contribution in [1.29, 1.82) is 0 Å². The molecule has 3 N–H and O–H groups in total. The van der Waals surface area contributed by atoms with E-state index in [1.807, 2.05) is 6.92 Å². The minimum absolute atomic E-state index is 0.0121. The van der Waals surface area contributed by atoms with Crippen LogP contribution >= 0.6 is 0 Å². The molecule has 5 heteroatoms. The van der Waals surface area contributed by atoms with E-state index in [4.69, 9.17) is 5.73 Å². The van der Waals surface area contributed by atoms with Gasteiger partial charge in [0.2, 0.25) is 0 Å². The van der Waals surface area contributed by atoms with Crippen LogP contribution in [-0.4, -0.2) is 40.1 Å². The molecular formula is C15H23N3O2. The Kier molecular flexibility index (Phi) is 4.95. The molecule has 1 saturated carbocycles. The first-order valence-corrected chi connectivity index (χ1v) is 7.28. The number of anilines is 1. The molecule has 0 aliphatic heterocycles. The lowest BCUT2D eigenvalue weighted by Gasteiger charge is -2.34. The molecule has 0 spiro atoms. The lowest BCUT2D eigenvalue weighted by molar-refractivity contribution is 0.0585. The third kappa shape index (κ3) is 3.48. The zero-order valence-electron chi connectivity index (χ0n) is 12.0. The van der Waals surface area contributed by atoms with Gasteiger partial charge in [-0.1, -0.05) is 19.3 Å². The number of hydrogen-bond acceptors (Lipinski definition) is 4. The van der Waals surface area contributed by atoms with E-state index >= 15 is 0 Å². The minimum atomic E-state index is -0.0526. The highest BCUT2D eigenvalue weighted by Crippen LogP contribution is 2.24. The first-order valence-electron chi connectivity index (χ1n) is 7.28. The van der Waals surface area contributed by atoms with Crippen molar-refractivity contribution in [2.24, 2.45) is 0 Å². The van der Waals surface area contributed by atoms with Crippen molar-refractivity contribution in [3.05, 3.63) is 23.4 Å². The van der Waals surface area contributed by atoms with Crippen molar-refractivity contribution >= 4 is 11.7 Å². The molecule has 1 aromatic heterocycles. The van der Waals surface area contributed by atoms with Crippen molar-refractivity contribution in [2.45, 2.75) is 45.1 Å². The Morgan fingerprint density at radius 3 is 2.70 bits per heavy atom. The Bertz CT molecular complexity index is 450. The zero-order chi connectivity index (χ0) is 14.5. The summed E-state index contributed by atoms with van der Waals surface area (Å²) in [7, 11) is 0. The lowest BCUT2D eigenvalue weighted by Crippen LogP contribution is -2.43. The van der Waals surface area contributed by atoms with Crippen LogP contribution in [-0.2, 0) is 0 Å². The molecule has 1 heterocycles. The fourth-order valence-corrected chi connectivity index (χ4v) is 2.93. The van der Waals surface area contributed by atoms with E-state index in [0.717, 1.165) is 31.4 Å². The van der Waals surface area contributed by atoms with Gasteiger partial charge in [0.05, 0.1) is 6.61 Å². The van der Waals surface area contributed by atoms with Gasteiger partial charge in [-0.3, -0.25) is 4.79 Å². The Morgan fingerprint density at radius 2 is 2.10 bits per heavy atom. The van der Waals surface area contributed by atoms with E-state index in [1.54, 1.807) is 17.0 Å². The number of nitrogen functional groups attached to an aromatic ring is 1. The number of carbonyl (C=O) groups excluding carboxylic acids is 1. The molecule has 1 aromatic rings. The zero-order valence-corrected chi connectivity index (χ0v) is 12.0. The Labute approximate surface area is 119 Å². The van der Waals surface area contributed by atoms with Crippen molar-refractivity contribution in [2.75, 3.05) is 18.9 Å². The van der Waals surface area contributed by atoms with E-state index in [2.05, 4.69) is 4.98 Å². The van der Waals surface area contributed by atoms with Gasteiger partial charge in [0.25, 0.3) is 5.91 Å². The van der Waals surface area contributed by atoms with Crippen LogP contribution in [0.5, 0.6) is 0 Å². The summed E-state index contributed by atoms with van der Waals surface area (Å²) < 4.78 is 0. The van der Waals surface area contributed by atoms with Crippen LogP contribution in [0.2, 0.25) is 0 Å². The first-order chi connectivity index (χ1) is 9.61. The Balaban J connectivity index is 2.20. The molecule has 1 amide bonds. The molecule has 2 rings (SSSR count). The second-order valence-corrected chi connectivity index (χ2v) is 5.44. The third-order valence-electron chi connectivity index (χ3n) is 3.84. The standard InChI is InChI=1S/C15H23N3O2/c1-11-9-12(10-14(16)17-11)15(20)18(7-8-19)13-5-3-2-4-6-13/h9-10,13,19H,2-8H2,1H3,(H2,16,17). The summed E-state index contributed by atoms with van der Waals surface area (Å²) >= 11 is 0. The molecule has 1 aliphatic rings. The maximum Gasteiger partial charge on any atom is 0.254 e. The number of aliphatic hydroxyl groups is 1. The van der Waals surface area contributed by atoms with Gasteiger partial charge in [0.15, 0.2) is 0 Å². The third-order valence-corrected chi connectivity index (χ3v) is 3.84. The van der Waals surface area contributed by atoms with Crippen LogP contribution in [0, 0.1) is 6.92 Å². The number of rotatable bonds is 4. The monoisotopic (exact) mass is 277 g/mol. The number of hydrogen-bond donors (Lipinski definition) is 2. The number of aryl methyl sites for hydroxylation is 1. The molecular weight excluding hydrogens is 254 g/mol. The normalized spacial score (nSPS) is 16.1. The number of carbonyl (C=O) groups is 1. The maximum atomic E-state index is 12.7. The van der Waals surface area contributed by atoms with Gasteiger partial charge >= 0.3 is 0 Å². The van der Waals surface area contributed by atoms with E-state index in [9.17, 15) is 9.90 Å². The molecule has 5 nitrogen and oxygen atoms in total. The number of aromatic nitrogens is 1. The van der Waals surface area contributed by atoms with Crippen molar-refractivity contribution < 1.29 is 9.90 Å². The maximum absolute atomic E-state index is 12.7. The SMILES string of the molecule is Cc1cc(C(=O)N(CCO)C2CCCCC2)cc(N)n1. The molecule has 20 heavy (non-hydrogen) atoms. The highest BCUT2D eigenvalue weighted by Gasteiger charge is 2.26. The van der Waals surface area contributed by atoms with Crippen molar-refractivity contribution in [1.82, 2.24) is 9.88 Å². The smallest absolute Gasteiger partial charge is 0.254 e. The largest absolute Gasteiger partial charge is 0.395 e. The number of amides is 1. The van der Waals surface area contributed by atoms with Gasteiger partial charge in [-0.15, -0.1) is 0 Å². The number of nitrogens with two attached hydrogens (primary N) is 1. The van der Waals surface area contributed by atoms with Crippen LogP contribution in [0.15, 0.2) is 12.1 Å². The van der Waals surface area contributed by atoms with Crippen LogP contribution in [0.1, 0.15) is 48.2 Å². The predicted octanol–water partition coefficient (Wildman–Crippen LogP) is 1.74. The quantitative estimate of drug-likeness (QED) is 0.878. The van der Waals surface area contributed by atoms with E-state index in [-0.39, 0.29) is 18.6 Å². The van der Waals surface area contributed by atoms with Crippen molar-refractivity contribution in [3.63, 3.8) is 0 Å². The minimum Gasteiger partial charge on any atom is -0.395 e. The van der Waals surface area contributed by atoms with Crippen LogP contribution in [0.25, 0.3) is 0 Å². The number of aliphatic hydroxyl groups excluding tert-OH is 1. The van der Waals surface area contributed by atoms with Gasteiger partial charge in [0, 0.05) is 23.8 Å². The van der Waals surface area contributed by atoms with E-state index in [0.29, 0.717) is 17.9 Å². The summed E-state index contributed by atoms with van der Waals surface area (Å²) in [6.07, 6.45) is 5.57. The molecule has 1 aliphatic carbocycles. The van der Waals surface area contributed by atoms with E-state index < -0.39 is 0 Å². The van der Waals surface area contributed by atoms with Crippen LogP contribution in [0.3, 0.4) is 0 Å². The molecule has 0 radical (unpaired) electrons. The molecule has 1 fully saturated rings. The lowest BCUT2D eigenvalue weighted by atomic mass is 9.93. The summed E-state index contributed by atoms with van der Waals surface area (Å²) in [6, 6.07) is 3.60. The average Bonchev–Trinajstić information content (AvgIpc) is 2.44. The van der Waals surface area contributed by atoms with Crippen LogP contribution in [0.4, 0.5) is 5.82 Å². The van der Waals surface area contributed by atoms with Crippen LogP contribution < -0.4 is 5.73 Å². The van der Waals surface area contributed by atoms with Gasteiger partial charge in [-0.2, -0.15) is 0 Å². The fourth-order valence-electron chi connectivity index (χ4n) is 2.93. The van der Waals surface area contributed by atoms with Crippen molar-refractivity contribution in [3.8, 4) is 0 Å². The summed E-state index contributed by atoms with van der Waals surface area (Å²) in [6.45, 7) is 2.19. The average molecular weight is 277 g/mol. The summed E-state index contributed by atoms with van der Waals surface area (Å²) in [5.74, 6) is 0.309.